The molecule has 0 bridgehead atoms. The molecule has 4 rings (SSSR count). The standard InChI is InChI=1S/C22H24N2O5/c1-14-6-5-7-15(2)19(14)29-13-16(25)12-24-20(26)22(23-21(24)27)10-11-28-18-9-4-3-8-17(18)22/h3-9,16,25H,10-13H2,1-2H3,(H,23,27). The van der Waals surface area contributed by atoms with E-state index in [4.69, 9.17) is 9.47 Å². The highest BCUT2D eigenvalue weighted by Crippen LogP contribution is 2.41. The SMILES string of the molecule is Cc1cccc(C)c1OCC(O)CN1C(=O)NC2(CCOc3ccccc32)C1=O. The van der Waals surface area contributed by atoms with Crippen LogP contribution in [0.15, 0.2) is 42.5 Å². The molecule has 7 heteroatoms. The van der Waals surface area contributed by atoms with E-state index in [1.807, 2.05) is 44.2 Å². The van der Waals surface area contributed by atoms with Crippen LogP contribution in [0, 0.1) is 13.8 Å². The van der Waals surface area contributed by atoms with Crippen LogP contribution in [0.2, 0.25) is 0 Å². The summed E-state index contributed by atoms with van der Waals surface area (Å²) in [6, 6.07) is 12.5. The lowest BCUT2D eigenvalue weighted by Crippen LogP contribution is -2.48. The largest absolute Gasteiger partial charge is 0.493 e. The molecular formula is C22H24N2O5. The van der Waals surface area contributed by atoms with Crippen molar-refractivity contribution < 1.29 is 24.2 Å². The molecule has 1 saturated heterocycles. The van der Waals surface area contributed by atoms with Crippen LogP contribution in [0.5, 0.6) is 11.5 Å². The Balaban J connectivity index is 1.48. The van der Waals surface area contributed by atoms with Crippen LogP contribution in [0.3, 0.4) is 0 Å². The molecule has 152 valence electrons. The van der Waals surface area contributed by atoms with E-state index in [9.17, 15) is 14.7 Å². The predicted molar refractivity (Wildman–Crippen MR) is 106 cm³/mol. The lowest BCUT2D eigenvalue weighted by Gasteiger charge is -2.33. The van der Waals surface area contributed by atoms with E-state index in [-0.39, 0.29) is 19.1 Å². The number of para-hydroxylation sites is 2. The van der Waals surface area contributed by atoms with Crippen molar-refractivity contribution in [1.82, 2.24) is 10.2 Å². The summed E-state index contributed by atoms with van der Waals surface area (Å²) in [5.41, 5.74) is 1.43. The fraction of sp³-hybridized carbons (Fsp3) is 0.364. The Bertz CT molecular complexity index is 940. The number of carbonyl (C=O) groups is 2. The van der Waals surface area contributed by atoms with Gasteiger partial charge in [-0.15, -0.1) is 0 Å². The minimum Gasteiger partial charge on any atom is -0.493 e. The van der Waals surface area contributed by atoms with Gasteiger partial charge in [0.05, 0.1) is 13.2 Å². The number of amides is 3. The van der Waals surface area contributed by atoms with Crippen molar-refractivity contribution in [1.29, 1.82) is 0 Å². The van der Waals surface area contributed by atoms with E-state index in [1.165, 1.54) is 0 Å². The second kappa shape index (κ2) is 7.40. The topological polar surface area (TPSA) is 88.1 Å². The Labute approximate surface area is 169 Å². The van der Waals surface area contributed by atoms with Crippen molar-refractivity contribution in [2.75, 3.05) is 19.8 Å². The molecule has 0 radical (unpaired) electrons. The number of hydrogen-bond acceptors (Lipinski definition) is 5. The number of nitrogens with one attached hydrogen (secondary N) is 1. The summed E-state index contributed by atoms with van der Waals surface area (Å²) >= 11 is 0. The molecule has 0 aromatic heterocycles. The van der Waals surface area contributed by atoms with Gasteiger partial charge in [0.2, 0.25) is 0 Å². The molecule has 2 heterocycles. The number of benzene rings is 2. The highest BCUT2D eigenvalue weighted by Gasteiger charge is 2.55. The Morgan fingerprint density at radius 1 is 1.17 bits per heavy atom. The number of hydrogen-bond donors (Lipinski definition) is 2. The van der Waals surface area contributed by atoms with E-state index in [2.05, 4.69) is 5.32 Å². The third kappa shape index (κ3) is 3.31. The molecule has 2 atom stereocenters. The van der Waals surface area contributed by atoms with Crippen molar-refractivity contribution in [3.05, 3.63) is 59.2 Å². The van der Waals surface area contributed by atoms with Gasteiger partial charge in [-0.1, -0.05) is 36.4 Å². The van der Waals surface area contributed by atoms with Gasteiger partial charge in [0.25, 0.3) is 5.91 Å². The molecule has 7 nitrogen and oxygen atoms in total. The number of urea groups is 1. The number of imide groups is 1. The normalized spacial score (nSPS) is 21.6. The molecule has 1 spiro atoms. The molecule has 1 fully saturated rings. The lowest BCUT2D eigenvalue weighted by molar-refractivity contribution is -0.133. The van der Waals surface area contributed by atoms with Crippen molar-refractivity contribution in [3.63, 3.8) is 0 Å². The number of β-amino-alcohol motifs (C(OH)–C–C–N with tert-alkyl or cyclic N) is 1. The molecule has 2 aromatic rings. The molecule has 2 aliphatic rings. The van der Waals surface area contributed by atoms with Crippen LogP contribution < -0.4 is 14.8 Å². The summed E-state index contributed by atoms with van der Waals surface area (Å²) < 4.78 is 11.4. The molecular weight excluding hydrogens is 372 g/mol. The summed E-state index contributed by atoms with van der Waals surface area (Å²) in [5.74, 6) is 0.927. The maximum absolute atomic E-state index is 13.2. The third-order valence-corrected chi connectivity index (χ3v) is 5.48. The van der Waals surface area contributed by atoms with Crippen molar-refractivity contribution in [2.24, 2.45) is 0 Å². The summed E-state index contributed by atoms with van der Waals surface area (Å²) in [6.07, 6.45) is -0.658. The van der Waals surface area contributed by atoms with Crippen LogP contribution in [0.4, 0.5) is 4.79 Å². The molecule has 2 unspecified atom stereocenters. The van der Waals surface area contributed by atoms with E-state index < -0.39 is 17.7 Å². The average Bonchev–Trinajstić information content (AvgIpc) is 2.93. The summed E-state index contributed by atoms with van der Waals surface area (Å²) in [7, 11) is 0. The number of fused-ring (bicyclic) bond motifs is 2. The van der Waals surface area contributed by atoms with Gasteiger partial charge in [-0.3, -0.25) is 9.69 Å². The molecule has 0 saturated carbocycles. The Morgan fingerprint density at radius 2 is 1.90 bits per heavy atom. The van der Waals surface area contributed by atoms with E-state index in [1.54, 1.807) is 12.1 Å². The van der Waals surface area contributed by atoms with Crippen LogP contribution >= 0.6 is 0 Å². The Kier molecular flexibility index (Phi) is 4.92. The van der Waals surface area contributed by atoms with E-state index >= 15 is 0 Å². The number of ether oxygens (including phenoxy) is 2. The first kappa shape index (κ1) is 19.3. The quantitative estimate of drug-likeness (QED) is 0.757. The van der Waals surface area contributed by atoms with Crippen LogP contribution in [0.1, 0.15) is 23.1 Å². The highest BCUT2D eigenvalue weighted by molar-refractivity contribution is 6.08. The number of aliphatic hydroxyl groups excluding tert-OH is 1. The molecule has 3 amide bonds. The number of aliphatic hydroxyl groups is 1. The van der Waals surface area contributed by atoms with Gasteiger partial charge in [0, 0.05) is 12.0 Å². The van der Waals surface area contributed by atoms with Gasteiger partial charge in [-0.05, 0) is 31.0 Å². The maximum Gasteiger partial charge on any atom is 0.325 e. The monoisotopic (exact) mass is 396 g/mol. The van der Waals surface area contributed by atoms with Gasteiger partial charge >= 0.3 is 6.03 Å². The number of aryl methyl sites for hydroxylation is 2. The van der Waals surface area contributed by atoms with Gasteiger partial charge in [-0.25, -0.2) is 4.79 Å². The van der Waals surface area contributed by atoms with E-state index in [0.717, 1.165) is 16.0 Å². The first-order valence-electron chi connectivity index (χ1n) is 9.66. The molecule has 2 aromatic carbocycles. The lowest BCUT2D eigenvalue weighted by atomic mass is 9.84. The first-order valence-corrected chi connectivity index (χ1v) is 9.66. The summed E-state index contributed by atoms with van der Waals surface area (Å²) in [4.78, 5) is 26.9. The smallest absolute Gasteiger partial charge is 0.325 e. The van der Waals surface area contributed by atoms with Crippen LogP contribution in [-0.4, -0.2) is 47.8 Å². The highest BCUT2D eigenvalue weighted by atomic mass is 16.5. The molecule has 2 aliphatic heterocycles. The predicted octanol–water partition coefficient (Wildman–Crippen LogP) is 2.27. The zero-order valence-electron chi connectivity index (χ0n) is 16.5. The van der Waals surface area contributed by atoms with Gasteiger partial charge in [-0.2, -0.15) is 0 Å². The fourth-order valence-corrected chi connectivity index (χ4v) is 4.01. The van der Waals surface area contributed by atoms with Gasteiger partial charge in [0.15, 0.2) is 5.54 Å². The number of carbonyl (C=O) groups excluding carboxylic acids is 2. The van der Waals surface area contributed by atoms with Crippen LogP contribution in [0.25, 0.3) is 0 Å². The number of rotatable bonds is 5. The third-order valence-electron chi connectivity index (χ3n) is 5.48. The van der Waals surface area contributed by atoms with Crippen molar-refractivity contribution in [3.8, 4) is 11.5 Å². The Morgan fingerprint density at radius 3 is 2.66 bits per heavy atom. The zero-order valence-corrected chi connectivity index (χ0v) is 16.5. The van der Waals surface area contributed by atoms with E-state index in [0.29, 0.717) is 30.1 Å². The van der Waals surface area contributed by atoms with Crippen molar-refractivity contribution in [2.45, 2.75) is 31.9 Å². The minimum atomic E-state index is -1.14. The van der Waals surface area contributed by atoms with Gasteiger partial charge < -0.3 is 19.9 Å². The van der Waals surface area contributed by atoms with Crippen LogP contribution in [-0.2, 0) is 10.3 Å². The number of nitrogens with zero attached hydrogens (tertiary/aromatic N) is 1. The maximum atomic E-state index is 13.2. The second-order valence-corrected chi connectivity index (χ2v) is 7.53. The minimum absolute atomic E-state index is 0.0184. The average molecular weight is 396 g/mol. The second-order valence-electron chi connectivity index (χ2n) is 7.53. The summed E-state index contributed by atoms with van der Waals surface area (Å²) in [6.45, 7) is 4.03. The van der Waals surface area contributed by atoms with Crippen molar-refractivity contribution >= 4 is 11.9 Å². The molecule has 2 N–H and O–H groups in total. The Hall–Kier alpha value is -3.06. The molecule has 0 aliphatic carbocycles. The first-order chi connectivity index (χ1) is 13.9. The fourth-order valence-electron chi connectivity index (χ4n) is 4.01. The molecule has 29 heavy (non-hydrogen) atoms. The zero-order chi connectivity index (χ0) is 20.6. The van der Waals surface area contributed by atoms with Gasteiger partial charge in [0.1, 0.15) is 24.2 Å². The summed E-state index contributed by atoms with van der Waals surface area (Å²) in [5, 5.41) is 13.3.